The van der Waals surface area contributed by atoms with Crippen LogP contribution in [0.4, 0.5) is 4.79 Å². The zero-order valence-corrected chi connectivity index (χ0v) is 11.8. The van der Waals surface area contributed by atoms with Gasteiger partial charge in [0.25, 0.3) is 0 Å². The van der Waals surface area contributed by atoms with E-state index in [-0.39, 0.29) is 6.61 Å². The Morgan fingerprint density at radius 2 is 1.85 bits per heavy atom. The minimum atomic E-state index is -1.19. The van der Waals surface area contributed by atoms with Gasteiger partial charge in [-0.3, -0.25) is 0 Å². The highest BCUT2D eigenvalue weighted by Crippen LogP contribution is 2.09. The van der Waals surface area contributed by atoms with E-state index < -0.39 is 23.7 Å². The minimum absolute atomic E-state index is 0.182. The predicted molar refractivity (Wildman–Crippen MR) is 72.7 cm³/mol. The molecule has 0 saturated heterocycles. The van der Waals surface area contributed by atoms with Gasteiger partial charge in [-0.2, -0.15) is 0 Å². The standard InChI is InChI=1S/C14H19NO5/c1-14(2,3)20-13(18)15-11(12(16)17)9-19-10-7-5-4-6-8-10/h4-8,11H,9H2,1-3H3,(H,15,18)(H,16,17)/t11-/m1/s1. The molecule has 110 valence electrons. The highest BCUT2D eigenvalue weighted by molar-refractivity contribution is 5.80. The van der Waals surface area contributed by atoms with Crippen LogP contribution in [0.3, 0.4) is 0 Å². The number of nitrogens with one attached hydrogen (secondary N) is 1. The van der Waals surface area contributed by atoms with Crippen molar-refractivity contribution in [3.63, 3.8) is 0 Å². The van der Waals surface area contributed by atoms with Gasteiger partial charge in [-0.15, -0.1) is 0 Å². The maximum Gasteiger partial charge on any atom is 0.408 e. The number of hydrogen-bond donors (Lipinski definition) is 2. The highest BCUT2D eigenvalue weighted by atomic mass is 16.6. The lowest BCUT2D eigenvalue weighted by Crippen LogP contribution is -2.46. The van der Waals surface area contributed by atoms with Crippen molar-refractivity contribution < 1.29 is 24.2 Å². The molecule has 1 aromatic carbocycles. The Labute approximate surface area is 117 Å². The summed E-state index contributed by atoms with van der Waals surface area (Å²) in [5.74, 6) is -0.656. The van der Waals surface area contributed by atoms with Gasteiger partial charge in [0.15, 0.2) is 6.04 Å². The van der Waals surface area contributed by atoms with Crippen molar-refractivity contribution in [2.24, 2.45) is 0 Å². The quantitative estimate of drug-likeness (QED) is 0.862. The Morgan fingerprint density at radius 3 is 2.35 bits per heavy atom. The average Bonchev–Trinajstić information content (AvgIpc) is 2.33. The first-order chi connectivity index (χ1) is 9.28. The molecule has 0 fully saturated rings. The summed E-state index contributed by atoms with van der Waals surface area (Å²) in [5.41, 5.74) is -0.687. The maximum atomic E-state index is 11.5. The summed E-state index contributed by atoms with van der Waals surface area (Å²) in [4.78, 5) is 22.6. The number of rotatable bonds is 5. The third-order valence-corrected chi connectivity index (χ3v) is 2.15. The second-order valence-corrected chi connectivity index (χ2v) is 5.16. The average molecular weight is 281 g/mol. The number of para-hydroxylation sites is 1. The molecule has 1 rings (SSSR count). The largest absolute Gasteiger partial charge is 0.491 e. The fourth-order valence-corrected chi connectivity index (χ4v) is 1.32. The lowest BCUT2D eigenvalue weighted by Gasteiger charge is -2.22. The third kappa shape index (κ3) is 6.08. The molecule has 2 N–H and O–H groups in total. The lowest BCUT2D eigenvalue weighted by molar-refractivity contribution is -0.140. The summed E-state index contributed by atoms with van der Waals surface area (Å²) in [6, 6.07) is 7.59. The molecule has 0 bridgehead atoms. The lowest BCUT2D eigenvalue weighted by atomic mass is 10.2. The first-order valence-corrected chi connectivity index (χ1v) is 6.18. The van der Waals surface area contributed by atoms with Crippen LogP contribution in [-0.4, -0.2) is 35.4 Å². The number of alkyl carbamates (subject to hydrolysis) is 1. The maximum absolute atomic E-state index is 11.5. The van der Waals surface area contributed by atoms with E-state index in [1.165, 1.54) is 0 Å². The van der Waals surface area contributed by atoms with Crippen LogP contribution in [0, 0.1) is 0 Å². The van der Waals surface area contributed by atoms with Crippen molar-refractivity contribution in [3.8, 4) is 5.75 Å². The molecular formula is C14H19NO5. The number of carboxylic acids is 1. The summed E-state index contributed by atoms with van der Waals surface area (Å²) >= 11 is 0. The molecule has 6 heteroatoms. The molecule has 1 aromatic rings. The van der Waals surface area contributed by atoms with Gasteiger partial charge >= 0.3 is 12.1 Å². The number of carbonyl (C=O) groups excluding carboxylic acids is 1. The fourth-order valence-electron chi connectivity index (χ4n) is 1.32. The Balaban J connectivity index is 2.53. The van der Waals surface area contributed by atoms with Crippen LogP contribution in [0.1, 0.15) is 20.8 Å². The van der Waals surface area contributed by atoms with E-state index in [2.05, 4.69) is 5.32 Å². The number of amides is 1. The second kappa shape index (κ2) is 6.79. The molecule has 0 aliphatic carbocycles. The Hall–Kier alpha value is -2.24. The van der Waals surface area contributed by atoms with Crippen molar-refractivity contribution in [2.75, 3.05) is 6.61 Å². The van der Waals surface area contributed by atoms with Crippen molar-refractivity contribution in [1.29, 1.82) is 0 Å². The molecule has 20 heavy (non-hydrogen) atoms. The highest BCUT2D eigenvalue weighted by Gasteiger charge is 2.24. The molecule has 0 radical (unpaired) electrons. The second-order valence-electron chi connectivity index (χ2n) is 5.16. The van der Waals surface area contributed by atoms with Crippen molar-refractivity contribution in [1.82, 2.24) is 5.32 Å². The van der Waals surface area contributed by atoms with Gasteiger partial charge in [0.05, 0.1) is 0 Å². The van der Waals surface area contributed by atoms with E-state index in [1.54, 1.807) is 45.0 Å². The van der Waals surface area contributed by atoms with E-state index in [4.69, 9.17) is 14.6 Å². The fraction of sp³-hybridized carbons (Fsp3) is 0.429. The van der Waals surface area contributed by atoms with Gasteiger partial charge in [0, 0.05) is 0 Å². The van der Waals surface area contributed by atoms with E-state index in [1.807, 2.05) is 6.07 Å². The molecular weight excluding hydrogens is 262 g/mol. The van der Waals surface area contributed by atoms with Crippen LogP contribution in [0.25, 0.3) is 0 Å². The molecule has 0 unspecified atom stereocenters. The zero-order chi connectivity index (χ0) is 15.2. The molecule has 0 spiro atoms. The van der Waals surface area contributed by atoms with Crippen LogP contribution in [0.15, 0.2) is 30.3 Å². The summed E-state index contributed by atoms with van der Waals surface area (Å²) in [7, 11) is 0. The smallest absolute Gasteiger partial charge is 0.408 e. The number of carboxylic acid groups (broad SMARTS) is 1. The van der Waals surface area contributed by atoms with E-state index in [0.29, 0.717) is 5.75 Å². The molecule has 0 heterocycles. The first-order valence-electron chi connectivity index (χ1n) is 6.18. The van der Waals surface area contributed by atoms with Crippen LogP contribution in [0.2, 0.25) is 0 Å². The van der Waals surface area contributed by atoms with Gasteiger partial charge in [-0.05, 0) is 32.9 Å². The van der Waals surface area contributed by atoms with E-state index in [0.717, 1.165) is 0 Å². The number of aliphatic carboxylic acids is 1. The Bertz CT molecular complexity index is 452. The molecule has 0 aliphatic heterocycles. The topological polar surface area (TPSA) is 84.9 Å². The molecule has 6 nitrogen and oxygen atoms in total. The zero-order valence-electron chi connectivity index (χ0n) is 11.8. The first kappa shape index (κ1) is 15.8. The summed E-state index contributed by atoms with van der Waals surface area (Å²) < 4.78 is 10.3. The van der Waals surface area contributed by atoms with Gasteiger partial charge in [-0.25, -0.2) is 9.59 Å². The number of carbonyl (C=O) groups is 2. The van der Waals surface area contributed by atoms with Gasteiger partial charge < -0.3 is 19.9 Å². The van der Waals surface area contributed by atoms with E-state index in [9.17, 15) is 9.59 Å². The molecule has 0 aliphatic rings. The Morgan fingerprint density at radius 1 is 1.25 bits per heavy atom. The van der Waals surface area contributed by atoms with Crippen molar-refractivity contribution >= 4 is 12.1 Å². The van der Waals surface area contributed by atoms with E-state index >= 15 is 0 Å². The monoisotopic (exact) mass is 281 g/mol. The van der Waals surface area contributed by atoms with Crippen LogP contribution < -0.4 is 10.1 Å². The molecule has 0 aromatic heterocycles. The minimum Gasteiger partial charge on any atom is -0.491 e. The summed E-state index contributed by atoms with van der Waals surface area (Å²) in [6.07, 6.45) is -0.790. The molecule has 1 amide bonds. The summed E-state index contributed by atoms with van der Waals surface area (Å²) in [6.45, 7) is 4.91. The molecule has 1 atom stereocenters. The number of ether oxygens (including phenoxy) is 2. The SMILES string of the molecule is CC(C)(C)OC(=O)N[C@H](COc1ccccc1)C(=O)O. The van der Waals surface area contributed by atoms with Gasteiger partial charge in [-0.1, -0.05) is 18.2 Å². The Kier molecular flexibility index (Phi) is 5.37. The van der Waals surface area contributed by atoms with Crippen LogP contribution in [-0.2, 0) is 9.53 Å². The predicted octanol–water partition coefficient (Wildman–Crippen LogP) is 2.04. The number of hydrogen-bond acceptors (Lipinski definition) is 4. The van der Waals surface area contributed by atoms with Crippen LogP contribution >= 0.6 is 0 Å². The normalized spacial score (nSPS) is 12.3. The van der Waals surface area contributed by atoms with Crippen molar-refractivity contribution in [3.05, 3.63) is 30.3 Å². The summed E-state index contributed by atoms with van der Waals surface area (Å²) in [5, 5.41) is 11.3. The third-order valence-electron chi connectivity index (χ3n) is 2.15. The van der Waals surface area contributed by atoms with Gasteiger partial charge in [0.1, 0.15) is 18.0 Å². The van der Waals surface area contributed by atoms with Crippen LogP contribution in [0.5, 0.6) is 5.75 Å². The number of benzene rings is 1. The molecule has 0 saturated carbocycles. The van der Waals surface area contributed by atoms with Crippen molar-refractivity contribution in [2.45, 2.75) is 32.4 Å². The van der Waals surface area contributed by atoms with Gasteiger partial charge in [0.2, 0.25) is 0 Å².